The lowest BCUT2D eigenvalue weighted by atomic mass is 10.1. The van der Waals surface area contributed by atoms with Crippen LogP contribution in [0.4, 0.5) is 0 Å². The molecule has 0 saturated carbocycles. The summed E-state index contributed by atoms with van der Waals surface area (Å²) >= 11 is 0. The van der Waals surface area contributed by atoms with Crippen LogP contribution < -0.4 is 9.47 Å². The van der Waals surface area contributed by atoms with Gasteiger partial charge in [-0.05, 0) is 42.8 Å². The second kappa shape index (κ2) is 9.72. The van der Waals surface area contributed by atoms with Crippen LogP contribution in [0.15, 0.2) is 48.0 Å². The van der Waals surface area contributed by atoms with Gasteiger partial charge in [0.1, 0.15) is 11.6 Å². The van der Waals surface area contributed by atoms with E-state index < -0.39 is 5.97 Å². The molecule has 2 aromatic rings. The molecular formula is C23H22N2O5. The zero-order valence-electron chi connectivity index (χ0n) is 16.9. The monoisotopic (exact) mass is 406 g/mol. The highest BCUT2D eigenvalue weighted by molar-refractivity contribution is 6.01. The molecular weight excluding hydrogens is 384 g/mol. The van der Waals surface area contributed by atoms with Gasteiger partial charge in [-0.15, -0.1) is 0 Å². The maximum atomic E-state index is 12.6. The van der Waals surface area contributed by atoms with Crippen LogP contribution in [0.2, 0.25) is 0 Å². The van der Waals surface area contributed by atoms with Gasteiger partial charge in [-0.1, -0.05) is 23.8 Å². The molecule has 30 heavy (non-hydrogen) atoms. The molecule has 7 heteroatoms. The third kappa shape index (κ3) is 5.04. The molecule has 0 bridgehead atoms. The van der Waals surface area contributed by atoms with Crippen LogP contribution in [0.25, 0.3) is 6.08 Å². The number of carbonyl (C=O) groups excluding carboxylic acids is 2. The number of carbonyl (C=O) groups is 2. The first kappa shape index (κ1) is 21.1. The molecule has 1 saturated heterocycles. The molecule has 0 N–H and O–H groups in total. The number of aryl methyl sites for hydroxylation is 1. The molecule has 0 aliphatic carbocycles. The summed E-state index contributed by atoms with van der Waals surface area (Å²) in [5.74, 6) is -0.273. The average molecular weight is 406 g/mol. The van der Waals surface area contributed by atoms with Gasteiger partial charge in [-0.3, -0.25) is 4.79 Å². The van der Waals surface area contributed by atoms with Gasteiger partial charge in [0.2, 0.25) is 0 Å². The van der Waals surface area contributed by atoms with Crippen molar-refractivity contribution in [1.29, 1.82) is 5.26 Å². The first-order valence-corrected chi connectivity index (χ1v) is 9.47. The molecule has 3 rings (SSSR count). The number of hydrogen-bond acceptors (Lipinski definition) is 6. The molecule has 0 atom stereocenters. The Morgan fingerprint density at radius 2 is 1.80 bits per heavy atom. The van der Waals surface area contributed by atoms with Crippen LogP contribution in [0.5, 0.6) is 11.5 Å². The molecule has 0 spiro atoms. The molecule has 1 fully saturated rings. The number of rotatable bonds is 5. The van der Waals surface area contributed by atoms with Crippen molar-refractivity contribution >= 4 is 18.0 Å². The van der Waals surface area contributed by atoms with Gasteiger partial charge in [0.15, 0.2) is 11.5 Å². The Labute approximate surface area is 175 Å². The Balaban J connectivity index is 1.79. The standard InChI is InChI=1S/C23H22N2O5/c1-16-3-6-18(7-4-16)23(27)30-20-8-5-17(14-21(20)28-2)13-19(15-24)22(26)25-9-11-29-12-10-25/h3-8,13-14H,9-12H2,1-2H3/b19-13+. The summed E-state index contributed by atoms with van der Waals surface area (Å²) in [6, 6.07) is 13.8. The lowest BCUT2D eigenvalue weighted by Gasteiger charge is -2.26. The highest BCUT2D eigenvalue weighted by atomic mass is 16.6. The fourth-order valence-electron chi connectivity index (χ4n) is 2.95. The van der Waals surface area contributed by atoms with Crippen LogP contribution in [0, 0.1) is 18.3 Å². The number of nitriles is 1. The molecule has 0 radical (unpaired) electrons. The van der Waals surface area contributed by atoms with Gasteiger partial charge in [0.05, 0.1) is 25.9 Å². The minimum absolute atomic E-state index is 0.0170. The van der Waals surface area contributed by atoms with Gasteiger partial charge in [-0.25, -0.2) is 4.79 Å². The largest absolute Gasteiger partial charge is 0.493 e. The lowest BCUT2D eigenvalue weighted by Crippen LogP contribution is -2.41. The van der Waals surface area contributed by atoms with Crippen molar-refractivity contribution in [1.82, 2.24) is 4.90 Å². The number of methoxy groups -OCH3 is 1. The molecule has 0 aromatic heterocycles. The Morgan fingerprint density at radius 1 is 1.10 bits per heavy atom. The zero-order valence-corrected chi connectivity index (χ0v) is 16.9. The SMILES string of the molecule is COc1cc(/C=C(\C#N)C(=O)N2CCOCC2)ccc1OC(=O)c1ccc(C)cc1. The second-order valence-electron chi connectivity index (χ2n) is 6.74. The Kier molecular flexibility index (Phi) is 6.83. The van der Waals surface area contributed by atoms with Crippen LogP contribution in [-0.4, -0.2) is 50.2 Å². The second-order valence-corrected chi connectivity index (χ2v) is 6.74. The maximum Gasteiger partial charge on any atom is 0.343 e. The number of esters is 1. The fraction of sp³-hybridized carbons (Fsp3) is 0.261. The minimum Gasteiger partial charge on any atom is -0.493 e. The van der Waals surface area contributed by atoms with E-state index in [4.69, 9.17) is 14.2 Å². The van der Waals surface area contributed by atoms with Crippen molar-refractivity contribution < 1.29 is 23.8 Å². The van der Waals surface area contributed by atoms with Gasteiger partial charge in [-0.2, -0.15) is 5.26 Å². The molecule has 1 aliphatic heterocycles. The van der Waals surface area contributed by atoms with Crippen LogP contribution >= 0.6 is 0 Å². The molecule has 1 amide bonds. The molecule has 1 aliphatic rings. The van der Waals surface area contributed by atoms with E-state index in [1.807, 2.05) is 25.1 Å². The summed E-state index contributed by atoms with van der Waals surface area (Å²) in [5, 5.41) is 9.44. The van der Waals surface area contributed by atoms with E-state index in [1.54, 1.807) is 35.2 Å². The zero-order chi connectivity index (χ0) is 21.5. The normalized spacial score (nSPS) is 14.0. The topological polar surface area (TPSA) is 88.9 Å². The number of ether oxygens (including phenoxy) is 3. The molecule has 0 unspecified atom stereocenters. The van der Waals surface area contributed by atoms with E-state index in [-0.39, 0.29) is 17.2 Å². The first-order valence-electron chi connectivity index (χ1n) is 9.47. The number of morpholine rings is 1. The quantitative estimate of drug-likeness (QED) is 0.328. The number of nitrogens with zero attached hydrogens (tertiary/aromatic N) is 2. The Hall–Kier alpha value is -3.63. The highest BCUT2D eigenvalue weighted by Crippen LogP contribution is 2.30. The summed E-state index contributed by atoms with van der Waals surface area (Å²) in [7, 11) is 1.45. The number of amides is 1. The number of hydrogen-bond donors (Lipinski definition) is 0. The summed E-state index contributed by atoms with van der Waals surface area (Å²) in [6.45, 7) is 3.76. The summed E-state index contributed by atoms with van der Waals surface area (Å²) in [6.07, 6.45) is 1.49. The minimum atomic E-state index is -0.503. The molecule has 7 nitrogen and oxygen atoms in total. The third-order valence-corrected chi connectivity index (χ3v) is 4.64. The van der Waals surface area contributed by atoms with Crippen molar-refractivity contribution in [3.8, 4) is 17.6 Å². The van der Waals surface area contributed by atoms with Gasteiger partial charge in [0.25, 0.3) is 5.91 Å². The first-order chi connectivity index (χ1) is 14.5. The van der Waals surface area contributed by atoms with E-state index in [0.29, 0.717) is 43.2 Å². The summed E-state index contributed by atoms with van der Waals surface area (Å²) in [5.41, 5.74) is 2.07. The highest BCUT2D eigenvalue weighted by Gasteiger charge is 2.21. The van der Waals surface area contributed by atoms with Crippen LogP contribution in [0.3, 0.4) is 0 Å². The van der Waals surface area contributed by atoms with Gasteiger partial charge in [0, 0.05) is 13.1 Å². The predicted molar refractivity (Wildman–Crippen MR) is 110 cm³/mol. The summed E-state index contributed by atoms with van der Waals surface area (Å²) in [4.78, 5) is 26.5. The van der Waals surface area contributed by atoms with Crippen molar-refractivity contribution in [3.05, 3.63) is 64.7 Å². The van der Waals surface area contributed by atoms with E-state index in [1.165, 1.54) is 13.2 Å². The Morgan fingerprint density at radius 3 is 2.43 bits per heavy atom. The Bertz CT molecular complexity index is 999. The van der Waals surface area contributed by atoms with Gasteiger partial charge < -0.3 is 19.1 Å². The van der Waals surface area contributed by atoms with Gasteiger partial charge >= 0.3 is 5.97 Å². The molecule has 2 aromatic carbocycles. The lowest BCUT2D eigenvalue weighted by molar-refractivity contribution is -0.130. The van der Waals surface area contributed by atoms with Crippen molar-refractivity contribution in [2.75, 3.05) is 33.4 Å². The van der Waals surface area contributed by atoms with Crippen molar-refractivity contribution in [2.24, 2.45) is 0 Å². The molecule has 154 valence electrons. The van der Waals surface area contributed by atoms with E-state index in [2.05, 4.69) is 0 Å². The number of benzene rings is 2. The van der Waals surface area contributed by atoms with Crippen LogP contribution in [0.1, 0.15) is 21.5 Å². The van der Waals surface area contributed by atoms with Crippen molar-refractivity contribution in [2.45, 2.75) is 6.92 Å². The van der Waals surface area contributed by atoms with Crippen molar-refractivity contribution in [3.63, 3.8) is 0 Å². The predicted octanol–water partition coefficient (Wildman–Crippen LogP) is 2.99. The molecule has 1 heterocycles. The third-order valence-electron chi connectivity index (χ3n) is 4.64. The van der Waals surface area contributed by atoms with Crippen LogP contribution in [-0.2, 0) is 9.53 Å². The van der Waals surface area contributed by atoms with E-state index in [9.17, 15) is 14.9 Å². The average Bonchev–Trinajstić information content (AvgIpc) is 2.78. The fourth-order valence-corrected chi connectivity index (χ4v) is 2.95. The smallest absolute Gasteiger partial charge is 0.343 e. The summed E-state index contributed by atoms with van der Waals surface area (Å²) < 4.78 is 16.0. The van der Waals surface area contributed by atoms with E-state index in [0.717, 1.165) is 5.56 Å². The van der Waals surface area contributed by atoms with E-state index >= 15 is 0 Å². The maximum absolute atomic E-state index is 12.6.